The maximum absolute atomic E-state index is 10.9. The van der Waals surface area contributed by atoms with Crippen LogP contribution in [0.1, 0.15) is 95.4 Å². The Morgan fingerprint density at radius 1 is 0.780 bits per heavy atom. The lowest BCUT2D eigenvalue weighted by molar-refractivity contribution is -0.360. The molecule has 1 N–H and O–H groups in total. The van der Waals surface area contributed by atoms with E-state index in [4.69, 9.17) is 33.2 Å². The van der Waals surface area contributed by atoms with Crippen molar-refractivity contribution >= 4 is 0 Å². The first-order valence-electron chi connectivity index (χ1n) is 16.5. The standard InChI is InChI=1S/C33H60O8/c1-12-17(3)26-21(7)20(6)22(8)31(37-26)40-29-23(9)27(18(4)13-2)38-32(24(29)10)39-28-19(5)14-33(11,34)41-30(28)25-15-35-16-36-25/h17-32,34H,12-16H2,1-11H3/t17-,18-,19+,20?,21-,22?,23+,24?,25+,26-,27?,28+,29-,30?,31+,32+,33-/m0/s1. The summed E-state index contributed by atoms with van der Waals surface area (Å²) in [5.74, 6) is 1.01. The molecule has 0 aliphatic carbocycles. The molecular formula is C33H60O8. The first kappa shape index (κ1) is 33.6. The van der Waals surface area contributed by atoms with Gasteiger partial charge in [0.15, 0.2) is 18.4 Å². The van der Waals surface area contributed by atoms with Crippen LogP contribution in [0, 0.1) is 47.3 Å². The molecule has 4 heterocycles. The Morgan fingerprint density at radius 2 is 1.34 bits per heavy atom. The summed E-state index contributed by atoms with van der Waals surface area (Å²) in [6, 6.07) is 0. The molecule has 0 radical (unpaired) electrons. The normalized spacial score (nSPS) is 50.9. The van der Waals surface area contributed by atoms with Crippen LogP contribution in [0.15, 0.2) is 0 Å². The SMILES string of the molecule is CC[C@H](C)C1O[C@H](O[C@H]2C([C@H]3COCO3)O[C@](C)(O)C[C@H]2C)C(C)[C@@H](O[C@H]2O[C@@H]([C@@H](C)CC)[C@@H](C)C(C)C2C)[C@@H]1C. The molecule has 4 rings (SSSR count). The molecule has 17 atom stereocenters. The topological polar surface area (TPSA) is 84.8 Å². The summed E-state index contributed by atoms with van der Waals surface area (Å²) in [6.07, 6.45) is 0.794. The largest absolute Gasteiger partial charge is 0.366 e. The zero-order valence-electron chi connectivity index (χ0n) is 27.6. The first-order chi connectivity index (χ1) is 19.3. The molecule has 240 valence electrons. The highest BCUT2D eigenvalue weighted by atomic mass is 16.7. The minimum Gasteiger partial charge on any atom is -0.366 e. The van der Waals surface area contributed by atoms with Gasteiger partial charge >= 0.3 is 0 Å². The first-order valence-corrected chi connectivity index (χ1v) is 16.5. The predicted molar refractivity (Wildman–Crippen MR) is 157 cm³/mol. The van der Waals surface area contributed by atoms with Crippen LogP contribution in [0.25, 0.3) is 0 Å². The van der Waals surface area contributed by atoms with Gasteiger partial charge in [0.25, 0.3) is 0 Å². The van der Waals surface area contributed by atoms with Gasteiger partial charge in [-0.15, -0.1) is 0 Å². The van der Waals surface area contributed by atoms with Crippen LogP contribution in [0.4, 0.5) is 0 Å². The van der Waals surface area contributed by atoms with Crippen molar-refractivity contribution in [2.24, 2.45) is 47.3 Å². The molecule has 0 aromatic carbocycles. The van der Waals surface area contributed by atoms with Crippen molar-refractivity contribution in [3.8, 4) is 0 Å². The highest BCUT2D eigenvalue weighted by molar-refractivity contribution is 4.95. The molecule has 4 saturated heterocycles. The molecule has 4 aliphatic heterocycles. The van der Waals surface area contributed by atoms with Crippen molar-refractivity contribution in [2.75, 3.05) is 13.4 Å². The summed E-state index contributed by atoms with van der Waals surface area (Å²) in [5, 5.41) is 10.9. The molecule has 0 aromatic heterocycles. The van der Waals surface area contributed by atoms with Crippen molar-refractivity contribution in [2.45, 2.75) is 150 Å². The Morgan fingerprint density at radius 3 is 1.90 bits per heavy atom. The molecule has 0 spiro atoms. The van der Waals surface area contributed by atoms with Gasteiger partial charge in [-0.2, -0.15) is 0 Å². The fourth-order valence-electron chi connectivity index (χ4n) is 7.77. The van der Waals surface area contributed by atoms with Crippen LogP contribution < -0.4 is 0 Å². The second-order valence-electron chi connectivity index (χ2n) is 14.3. The van der Waals surface area contributed by atoms with Gasteiger partial charge < -0.3 is 38.3 Å². The van der Waals surface area contributed by atoms with E-state index in [-0.39, 0.29) is 67.3 Å². The van der Waals surface area contributed by atoms with E-state index in [0.29, 0.717) is 36.7 Å². The van der Waals surface area contributed by atoms with E-state index in [2.05, 4.69) is 69.2 Å². The van der Waals surface area contributed by atoms with Crippen LogP contribution in [-0.2, 0) is 33.2 Å². The van der Waals surface area contributed by atoms with Gasteiger partial charge in [-0.05, 0) is 36.5 Å². The lowest BCUT2D eigenvalue weighted by atomic mass is 9.75. The summed E-state index contributed by atoms with van der Waals surface area (Å²) in [4.78, 5) is 0. The molecule has 0 bridgehead atoms. The molecular weight excluding hydrogens is 524 g/mol. The number of hydrogen-bond acceptors (Lipinski definition) is 8. The van der Waals surface area contributed by atoms with Crippen LogP contribution in [0.3, 0.4) is 0 Å². The van der Waals surface area contributed by atoms with Gasteiger partial charge in [-0.25, -0.2) is 0 Å². The van der Waals surface area contributed by atoms with Crippen molar-refractivity contribution in [1.29, 1.82) is 0 Å². The third-order valence-corrected chi connectivity index (χ3v) is 11.2. The summed E-state index contributed by atoms with van der Waals surface area (Å²) in [6.45, 7) is 24.9. The Labute approximate surface area is 249 Å². The monoisotopic (exact) mass is 584 g/mol. The Kier molecular flexibility index (Phi) is 11.3. The maximum Gasteiger partial charge on any atom is 0.163 e. The third-order valence-electron chi connectivity index (χ3n) is 11.2. The van der Waals surface area contributed by atoms with E-state index in [1.807, 2.05) is 0 Å². The van der Waals surface area contributed by atoms with E-state index in [0.717, 1.165) is 12.8 Å². The molecule has 8 nitrogen and oxygen atoms in total. The van der Waals surface area contributed by atoms with Crippen molar-refractivity contribution in [1.82, 2.24) is 0 Å². The minimum absolute atomic E-state index is 0.0146. The van der Waals surface area contributed by atoms with Crippen LogP contribution in [0.5, 0.6) is 0 Å². The number of aliphatic hydroxyl groups is 1. The molecule has 0 saturated carbocycles. The van der Waals surface area contributed by atoms with E-state index >= 15 is 0 Å². The van der Waals surface area contributed by atoms with Crippen molar-refractivity contribution < 1.29 is 38.3 Å². The Bertz CT molecular complexity index is 817. The lowest BCUT2D eigenvalue weighted by Gasteiger charge is -2.52. The second kappa shape index (κ2) is 13.8. The van der Waals surface area contributed by atoms with E-state index < -0.39 is 18.2 Å². The number of ether oxygens (including phenoxy) is 7. The Balaban J connectivity index is 1.58. The van der Waals surface area contributed by atoms with Gasteiger partial charge in [0.1, 0.15) is 19.0 Å². The van der Waals surface area contributed by atoms with E-state index in [9.17, 15) is 5.11 Å². The molecule has 0 aromatic rings. The van der Waals surface area contributed by atoms with E-state index in [1.54, 1.807) is 6.92 Å². The van der Waals surface area contributed by atoms with Gasteiger partial charge in [0.05, 0.1) is 31.0 Å². The molecule has 4 aliphatic rings. The maximum atomic E-state index is 10.9. The van der Waals surface area contributed by atoms with Crippen LogP contribution >= 0.6 is 0 Å². The zero-order chi connectivity index (χ0) is 30.2. The third kappa shape index (κ3) is 7.16. The van der Waals surface area contributed by atoms with E-state index in [1.165, 1.54) is 0 Å². The van der Waals surface area contributed by atoms with Crippen LogP contribution in [0.2, 0.25) is 0 Å². The zero-order valence-corrected chi connectivity index (χ0v) is 27.6. The second-order valence-corrected chi connectivity index (χ2v) is 14.3. The summed E-state index contributed by atoms with van der Waals surface area (Å²) < 4.78 is 45.1. The summed E-state index contributed by atoms with van der Waals surface area (Å²) in [7, 11) is 0. The summed E-state index contributed by atoms with van der Waals surface area (Å²) in [5.41, 5.74) is 0. The van der Waals surface area contributed by atoms with Gasteiger partial charge in [0.2, 0.25) is 0 Å². The molecule has 4 fully saturated rings. The molecule has 41 heavy (non-hydrogen) atoms. The fraction of sp³-hybridized carbons (Fsp3) is 1.00. The Hall–Kier alpha value is -0.320. The average molecular weight is 585 g/mol. The smallest absolute Gasteiger partial charge is 0.163 e. The number of hydrogen-bond donors (Lipinski definition) is 1. The van der Waals surface area contributed by atoms with Crippen LogP contribution in [-0.4, -0.2) is 73.5 Å². The molecule has 0 amide bonds. The molecule has 5 unspecified atom stereocenters. The fourth-order valence-corrected chi connectivity index (χ4v) is 7.77. The predicted octanol–water partition coefficient (Wildman–Crippen LogP) is 5.99. The lowest BCUT2D eigenvalue weighted by Crippen LogP contribution is -2.60. The van der Waals surface area contributed by atoms with Gasteiger partial charge in [-0.1, -0.05) is 82.1 Å². The average Bonchev–Trinajstić information content (AvgIpc) is 3.47. The molecule has 8 heteroatoms. The van der Waals surface area contributed by atoms with Crippen molar-refractivity contribution in [3.63, 3.8) is 0 Å². The number of rotatable bonds is 9. The minimum atomic E-state index is -1.25. The van der Waals surface area contributed by atoms with Gasteiger partial charge in [0, 0.05) is 24.2 Å². The highest BCUT2D eigenvalue weighted by Crippen LogP contribution is 2.44. The van der Waals surface area contributed by atoms with Gasteiger partial charge in [-0.3, -0.25) is 0 Å². The quantitative estimate of drug-likeness (QED) is 0.354. The van der Waals surface area contributed by atoms with Crippen molar-refractivity contribution in [3.05, 3.63) is 0 Å². The summed E-state index contributed by atoms with van der Waals surface area (Å²) >= 11 is 0. The highest BCUT2D eigenvalue weighted by Gasteiger charge is 2.52.